The number of hydrogen-bond acceptors (Lipinski definition) is 6. The number of carbonyl (C=O) groups is 3. The van der Waals surface area contributed by atoms with Gasteiger partial charge in [-0.2, -0.15) is 0 Å². The molecule has 1 atom stereocenters. The average molecular weight is 519 g/mol. The topological polar surface area (TPSA) is 91.0 Å². The zero-order valence-electron chi connectivity index (χ0n) is 21.6. The van der Waals surface area contributed by atoms with Crippen molar-refractivity contribution in [1.29, 1.82) is 0 Å². The molecule has 0 bridgehead atoms. The standard InChI is InChI=1S/C27H39ClN4O4/c1-27(2,3)36-26(35)29-20-7-4-18(5-8-20)17-31-12-14-32(15-13-31)23-10-6-19(16-22(23)28)21-9-11-24(33)30-25(21)34/h6,10,16,18,20-21H,4-5,7-9,11-15,17H2,1-3H3,(H,29,35)(H,30,33,34). The third-order valence-electron chi connectivity index (χ3n) is 7.41. The number of alkyl carbamates (subject to hydrolysis) is 1. The van der Waals surface area contributed by atoms with Gasteiger partial charge < -0.3 is 15.0 Å². The number of halogens is 1. The number of imide groups is 1. The van der Waals surface area contributed by atoms with Gasteiger partial charge in [0.15, 0.2) is 0 Å². The molecule has 9 heteroatoms. The summed E-state index contributed by atoms with van der Waals surface area (Å²) in [6.45, 7) is 10.5. The van der Waals surface area contributed by atoms with E-state index in [9.17, 15) is 14.4 Å². The van der Waals surface area contributed by atoms with Gasteiger partial charge in [-0.05, 0) is 76.5 Å². The molecule has 4 rings (SSSR count). The maximum absolute atomic E-state index is 12.2. The molecule has 2 N–H and O–H groups in total. The van der Waals surface area contributed by atoms with Gasteiger partial charge in [-0.1, -0.05) is 17.7 Å². The van der Waals surface area contributed by atoms with Crippen LogP contribution >= 0.6 is 11.6 Å². The third kappa shape index (κ3) is 7.13. The van der Waals surface area contributed by atoms with Gasteiger partial charge in [-0.3, -0.25) is 19.8 Å². The highest BCUT2D eigenvalue weighted by Crippen LogP contribution is 2.33. The maximum Gasteiger partial charge on any atom is 0.407 e. The molecule has 2 aliphatic heterocycles. The van der Waals surface area contributed by atoms with Crippen molar-refractivity contribution >= 4 is 35.2 Å². The molecule has 3 amide bonds. The van der Waals surface area contributed by atoms with E-state index in [0.29, 0.717) is 23.8 Å². The predicted octanol–water partition coefficient (Wildman–Crippen LogP) is 4.07. The van der Waals surface area contributed by atoms with Crippen molar-refractivity contribution in [3.8, 4) is 0 Å². The number of rotatable bonds is 5. The monoisotopic (exact) mass is 518 g/mol. The summed E-state index contributed by atoms with van der Waals surface area (Å²) in [6.07, 6.45) is 4.81. The lowest BCUT2D eigenvalue weighted by Crippen LogP contribution is -2.48. The first-order valence-electron chi connectivity index (χ1n) is 13.2. The normalized spacial score (nSPS) is 25.9. The molecule has 8 nitrogen and oxygen atoms in total. The molecule has 0 aromatic heterocycles. The van der Waals surface area contributed by atoms with Crippen LogP contribution in [0.2, 0.25) is 5.02 Å². The lowest BCUT2D eigenvalue weighted by Gasteiger charge is -2.39. The third-order valence-corrected chi connectivity index (χ3v) is 7.71. The summed E-state index contributed by atoms with van der Waals surface area (Å²) >= 11 is 6.64. The van der Waals surface area contributed by atoms with E-state index in [1.165, 1.54) is 0 Å². The zero-order chi connectivity index (χ0) is 25.9. The molecule has 1 aromatic rings. The number of amides is 3. The molecule has 2 saturated heterocycles. The molecule has 1 aromatic carbocycles. The number of carbonyl (C=O) groups excluding carboxylic acids is 3. The van der Waals surface area contributed by atoms with Gasteiger partial charge in [0.2, 0.25) is 11.8 Å². The van der Waals surface area contributed by atoms with Crippen molar-refractivity contribution in [3.63, 3.8) is 0 Å². The van der Waals surface area contributed by atoms with E-state index in [0.717, 1.165) is 69.7 Å². The van der Waals surface area contributed by atoms with E-state index in [4.69, 9.17) is 16.3 Å². The second-order valence-electron chi connectivity index (χ2n) is 11.4. The molecule has 0 radical (unpaired) electrons. The quantitative estimate of drug-likeness (QED) is 0.571. The Hall–Kier alpha value is -2.32. The highest BCUT2D eigenvalue weighted by Gasteiger charge is 2.30. The Morgan fingerprint density at radius 2 is 1.78 bits per heavy atom. The molecular formula is C27H39ClN4O4. The smallest absolute Gasteiger partial charge is 0.407 e. The van der Waals surface area contributed by atoms with Crippen LogP contribution in [0.5, 0.6) is 0 Å². The molecule has 1 unspecified atom stereocenters. The van der Waals surface area contributed by atoms with Crippen LogP contribution in [0.4, 0.5) is 10.5 Å². The Labute approximate surface area is 219 Å². The lowest BCUT2D eigenvalue weighted by atomic mass is 9.85. The second kappa shape index (κ2) is 11.4. The van der Waals surface area contributed by atoms with E-state index in [1.54, 1.807) is 0 Å². The Morgan fingerprint density at radius 1 is 1.08 bits per heavy atom. The van der Waals surface area contributed by atoms with Crippen LogP contribution < -0.4 is 15.5 Å². The maximum atomic E-state index is 12.2. The Balaban J connectivity index is 1.21. The molecule has 3 aliphatic rings. The SMILES string of the molecule is CC(C)(C)OC(=O)NC1CCC(CN2CCN(c3ccc(C4CCC(=O)NC4=O)cc3Cl)CC2)CC1. The van der Waals surface area contributed by atoms with Gasteiger partial charge in [-0.15, -0.1) is 0 Å². The fourth-order valence-corrected chi connectivity index (χ4v) is 5.82. The summed E-state index contributed by atoms with van der Waals surface area (Å²) < 4.78 is 5.39. The first-order valence-corrected chi connectivity index (χ1v) is 13.5. The van der Waals surface area contributed by atoms with Gasteiger partial charge in [-0.25, -0.2) is 4.79 Å². The number of hydrogen-bond donors (Lipinski definition) is 2. The number of piperidine rings is 1. The Kier molecular flexibility index (Phi) is 8.45. The Bertz CT molecular complexity index is 963. The lowest BCUT2D eigenvalue weighted by molar-refractivity contribution is -0.134. The van der Waals surface area contributed by atoms with Gasteiger partial charge in [0.25, 0.3) is 0 Å². The van der Waals surface area contributed by atoms with E-state index in [-0.39, 0.29) is 29.9 Å². The number of ether oxygens (including phenoxy) is 1. The minimum absolute atomic E-state index is 0.206. The molecule has 2 heterocycles. The average Bonchev–Trinajstić information content (AvgIpc) is 2.80. The van der Waals surface area contributed by atoms with Crippen LogP contribution in [-0.4, -0.2) is 67.2 Å². The largest absolute Gasteiger partial charge is 0.444 e. The van der Waals surface area contributed by atoms with Crippen LogP contribution in [0.15, 0.2) is 18.2 Å². The highest BCUT2D eigenvalue weighted by molar-refractivity contribution is 6.33. The number of nitrogens with one attached hydrogen (secondary N) is 2. The summed E-state index contributed by atoms with van der Waals surface area (Å²) in [5, 5.41) is 6.10. The summed E-state index contributed by atoms with van der Waals surface area (Å²) in [7, 11) is 0. The number of piperazine rings is 1. The molecule has 1 aliphatic carbocycles. The van der Waals surface area contributed by atoms with Gasteiger partial charge in [0.05, 0.1) is 16.6 Å². The van der Waals surface area contributed by atoms with E-state index in [2.05, 4.69) is 20.4 Å². The zero-order valence-corrected chi connectivity index (χ0v) is 22.4. The van der Waals surface area contributed by atoms with Crippen LogP contribution in [-0.2, 0) is 14.3 Å². The summed E-state index contributed by atoms with van der Waals surface area (Å²) in [4.78, 5) is 40.5. The van der Waals surface area contributed by atoms with Crippen molar-refractivity contribution in [1.82, 2.24) is 15.5 Å². The minimum Gasteiger partial charge on any atom is -0.444 e. The fourth-order valence-electron chi connectivity index (χ4n) is 5.51. The predicted molar refractivity (Wildman–Crippen MR) is 140 cm³/mol. The van der Waals surface area contributed by atoms with Gasteiger partial charge >= 0.3 is 6.09 Å². The molecule has 36 heavy (non-hydrogen) atoms. The van der Waals surface area contributed by atoms with Crippen LogP contribution in [0.1, 0.15) is 70.8 Å². The van der Waals surface area contributed by atoms with Crippen molar-refractivity contribution in [2.45, 2.75) is 76.9 Å². The Morgan fingerprint density at radius 3 is 2.39 bits per heavy atom. The first kappa shape index (κ1) is 26.7. The summed E-state index contributed by atoms with van der Waals surface area (Å²) in [6, 6.07) is 6.07. The molecule has 0 spiro atoms. The van der Waals surface area contributed by atoms with Crippen molar-refractivity contribution in [2.24, 2.45) is 5.92 Å². The van der Waals surface area contributed by atoms with Crippen LogP contribution in [0, 0.1) is 5.92 Å². The van der Waals surface area contributed by atoms with Crippen LogP contribution in [0.25, 0.3) is 0 Å². The van der Waals surface area contributed by atoms with E-state index >= 15 is 0 Å². The van der Waals surface area contributed by atoms with Crippen LogP contribution in [0.3, 0.4) is 0 Å². The fraction of sp³-hybridized carbons (Fsp3) is 0.667. The second-order valence-corrected chi connectivity index (χ2v) is 11.8. The summed E-state index contributed by atoms with van der Waals surface area (Å²) in [5.41, 5.74) is 1.40. The molecular weight excluding hydrogens is 480 g/mol. The van der Waals surface area contributed by atoms with Crippen molar-refractivity contribution < 1.29 is 19.1 Å². The van der Waals surface area contributed by atoms with Crippen molar-refractivity contribution in [2.75, 3.05) is 37.6 Å². The van der Waals surface area contributed by atoms with E-state index in [1.807, 2.05) is 39.0 Å². The van der Waals surface area contributed by atoms with Crippen molar-refractivity contribution in [3.05, 3.63) is 28.8 Å². The number of anilines is 1. The first-order chi connectivity index (χ1) is 17.1. The van der Waals surface area contributed by atoms with E-state index < -0.39 is 5.60 Å². The molecule has 1 saturated carbocycles. The van der Waals surface area contributed by atoms with Gasteiger partial charge in [0.1, 0.15) is 5.60 Å². The highest BCUT2D eigenvalue weighted by atomic mass is 35.5. The summed E-state index contributed by atoms with van der Waals surface area (Å²) in [5.74, 6) is -0.106. The molecule has 198 valence electrons. The molecule has 3 fully saturated rings. The van der Waals surface area contributed by atoms with Gasteiger partial charge in [0, 0.05) is 45.2 Å². The number of benzene rings is 1. The minimum atomic E-state index is -0.469. The number of nitrogens with zero attached hydrogens (tertiary/aromatic N) is 2.